The number of carboxylic acid groups (broad SMARTS) is 1. The van der Waals surface area contributed by atoms with Gasteiger partial charge in [0.25, 0.3) is 0 Å². The molecule has 12 nitrogen and oxygen atoms in total. The Morgan fingerprint density at radius 1 is 0.750 bits per heavy atom. The van der Waals surface area contributed by atoms with Crippen LogP contribution < -0.4 is 27.0 Å². The Morgan fingerprint density at radius 2 is 1.27 bits per heavy atom. The lowest BCUT2D eigenvalue weighted by Crippen LogP contribution is -2.60. The van der Waals surface area contributed by atoms with Crippen LogP contribution in [0.25, 0.3) is 0 Å². The molecular formula is C31H51N5O7S. The summed E-state index contributed by atoms with van der Waals surface area (Å²) in [5, 5.41) is 30.0. The Morgan fingerprint density at radius 3 is 1.77 bits per heavy atom. The first-order valence-corrected chi connectivity index (χ1v) is 16.4. The zero-order valence-electron chi connectivity index (χ0n) is 26.9. The fraction of sp³-hybridized carbons (Fsp3) is 0.645. The minimum atomic E-state index is -1.27. The van der Waals surface area contributed by atoms with Crippen molar-refractivity contribution in [1.82, 2.24) is 21.3 Å². The molecule has 0 spiro atoms. The number of aromatic hydroxyl groups is 1. The zero-order valence-corrected chi connectivity index (χ0v) is 27.7. The number of carbonyl (C=O) groups excluding carboxylic acids is 4. The molecule has 0 aromatic heterocycles. The van der Waals surface area contributed by atoms with E-state index in [4.69, 9.17) is 5.73 Å². The smallest absolute Gasteiger partial charge is 0.326 e. The first-order chi connectivity index (χ1) is 20.5. The summed E-state index contributed by atoms with van der Waals surface area (Å²) in [6.07, 6.45) is 2.82. The number of amides is 4. The average molecular weight is 638 g/mol. The number of carbonyl (C=O) groups is 5. The summed E-state index contributed by atoms with van der Waals surface area (Å²) in [4.78, 5) is 64.8. The van der Waals surface area contributed by atoms with E-state index in [0.717, 1.165) is 0 Å². The summed E-state index contributed by atoms with van der Waals surface area (Å²) in [5.41, 5.74) is 6.62. The molecule has 248 valence electrons. The van der Waals surface area contributed by atoms with E-state index in [1.807, 2.05) is 34.0 Å². The lowest BCUT2D eigenvalue weighted by Gasteiger charge is -2.28. The topological polar surface area (TPSA) is 200 Å². The lowest BCUT2D eigenvalue weighted by molar-refractivity contribution is -0.142. The summed E-state index contributed by atoms with van der Waals surface area (Å²) < 4.78 is 0. The summed E-state index contributed by atoms with van der Waals surface area (Å²) >= 11 is 1.46. The third-order valence-corrected chi connectivity index (χ3v) is 7.53. The fourth-order valence-electron chi connectivity index (χ4n) is 4.49. The standard InChI is InChI=1S/C31H51N5O7S/c1-17(2)14-22(32)27(38)34-24(15-18(3)4)29(40)36-26(19(5)6)30(41)33-23(12-13-44-7)28(39)35-25(31(42)43)16-20-8-10-21(37)11-9-20/h8-11,17-19,22-26,37H,12-16,32H2,1-7H3,(H,33,41)(H,34,38)(H,35,39)(H,36,40)(H,42,43)/t22-,23-,24-,25-,26-/m0/s1. The molecule has 1 aromatic rings. The van der Waals surface area contributed by atoms with Crippen LogP contribution in [0.3, 0.4) is 0 Å². The van der Waals surface area contributed by atoms with Gasteiger partial charge < -0.3 is 37.2 Å². The predicted molar refractivity (Wildman–Crippen MR) is 172 cm³/mol. The van der Waals surface area contributed by atoms with Crippen LogP contribution >= 0.6 is 11.8 Å². The summed E-state index contributed by atoms with van der Waals surface area (Å²) in [7, 11) is 0. The quantitative estimate of drug-likeness (QED) is 0.118. The largest absolute Gasteiger partial charge is 0.508 e. The summed E-state index contributed by atoms with van der Waals surface area (Å²) in [6, 6.07) is 0.918. The SMILES string of the molecule is CSCC[C@H](NC(=O)[C@@H](NC(=O)[C@H](CC(C)C)NC(=O)[C@@H](N)CC(C)C)C(C)C)C(=O)N[C@@H](Cc1ccc(O)cc1)C(=O)O. The Kier molecular flexibility index (Phi) is 16.8. The summed E-state index contributed by atoms with van der Waals surface area (Å²) in [5.74, 6) is -3.10. The van der Waals surface area contributed by atoms with Crippen molar-refractivity contribution in [2.45, 2.75) is 97.4 Å². The number of nitrogens with two attached hydrogens (primary N) is 1. The van der Waals surface area contributed by atoms with Crippen LogP contribution in [0.1, 0.15) is 66.4 Å². The van der Waals surface area contributed by atoms with E-state index in [9.17, 15) is 34.2 Å². The summed E-state index contributed by atoms with van der Waals surface area (Å²) in [6.45, 7) is 11.2. The fourth-order valence-corrected chi connectivity index (χ4v) is 4.96. The van der Waals surface area contributed by atoms with Gasteiger partial charge in [-0.3, -0.25) is 19.2 Å². The van der Waals surface area contributed by atoms with Gasteiger partial charge in [0, 0.05) is 6.42 Å². The minimum absolute atomic E-state index is 0.0288. The van der Waals surface area contributed by atoms with Crippen molar-refractivity contribution in [3.05, 3.63) is 29.8 Å². The van der Waals surface area contributed by atoms with E-state index in [1.54, 1.807) is 26.0 Å². The average Bonchev–Trinajstić information content (AvgIpc) is 2.92. The van der Waals surface area contributed by atoms with Crippen LogP contribution in [-0.2, 0) is 30.4 Å². The van der Waals surface area contributed by atoms with Gasteiger partial charge in [0.15, 0.2) is 0 Å². The molecule has 0 aliphatic carbocycles. The molecule has 0 fully saturated rings. The van der Waals surface area contributed by atoms with Gasteiger partial charge in [-0.25, -0.2) is 4.79 Å². The number of hydrogen-bond acceptors (Lipinski definition) is 8. The Hall–Kier alpha value is -3.32. The third kappa shape index (κ3) is 14.0. The molecule has 5 atom stereocenters. The first-order valence-electron chi connectivity index (χ1n) is 15.0. The molecule has 1 rings (SSSR count). The molecule has 1 aromatic carbocycles. The molecule has 0 aliphatic heterocycles. The number of nitrogens with one attached hydrogen (secondary N) is 4. The van der Waals surface area contributed by atoms with Crippen molar-refractivity contribution in [2.24, 2.45) is 23.5 Å². The van der Waals surface area contributed by atoms with Gasteiger partial charge >= 0.3 is 5.97 Å². The second kappa shape index (κ2) is 19.1. The molecule has 0 saturated heterocycles. The maximum Gasteiger partial charge on any atom is 0.326 e. The molecule has 0 bridgehead atoms. The number of phenols is 1. The number of aliphatic carboxylic acids is 1. The monoisotopic (exact) mass is 637 g/mol. The Labute approximate surface area is 265 Å². The van der Waals surface area contributed by atoms with Gasteiger partial charge in [-0.15, -0.1) is 0 Å². The highest BCUT2D eigenvalue weighted by atomic mass is 32.2. The van der Waals surface area contributed by atoms with Gasteiger partial charge in [-0.1, -0.05) is 53.7 Å². The van der Waals surface area contributed by atoms with Crippen molar-refractivity contribution in [3.63, 3.8) is 0 Å². The molecule has 44 heavy (non-hydrogen) atoms. The molecule has 0 saturated carbocycles. The highest BCUT2D eigenvalue weighted by Crippen LogP contribution is 2.13. The molecule has 13 heteroatoms. The van der Waals surface area contributed by atoms with Gasteiger partial charge in [0.2, 0.25) is 23.6 Å². The number of thioether (sulfide) groups is 1. The normalized spacial score (nSPS) is 14.8. The Balaban J connectivity index is 3.08. The maximum atomic E-state index is 13.5. The molecule has 0 aliphatic rings. The number of benzene rings is 1. The molecule has 0 radical (unpaired) electrons. The molecule has 4 amide bonds. The highest BCUT2D eigenvalue weighted by molar-refractivity contribution is 7.98. The molecule has 0 unspecified atom stereocenters. The van der Waals surface area contributed by atoms with Crippen molar-refractivity contribution in [1.29, 1.82) is 0 Å². The van der Waals surface area contributed by atoms with Crippen LogP contribution in [0, 0.1) is 17.8 Å². The van der Waals surface area contributed by atoms with E-state index >= 15 is 0 Å². The number of phenolic OH excluding ortho intramolecular Hbond substituents is 1. The Bertz CT molecular complexity index is 1100. The van der Waals surface area contributed by atoms with Crippen LogP contribution in [0.2, 0.25) is 0 Å². The van der Waals surface area contributed by atoms with Crippen molar-refractivity contribution in [2.75, 3.05) is 12.0 Å². The molecular weight excluding hydrogens is 586 g/mol. The first kappa shape index (κ1) is 38.7. The van der Waals surface area contributed by atoms with E-state index in [0.29, 0.717) is 24.2 Å². The van der Waals surface area contributed by atoms with Crippen molar-refractivity contribution in [3.8, 4) is 5.75 Å². The highest BCUT2D eigenvalue weighted by Gasteiger charge is 2.33. The second-order valence-electron chi connectivity index (χ2n) is 12.3. The second-order valence-corrected chi connectivity index (χ2v) is 13.3. The number of carboxylic acids is 1. The van der Waals surface area contributed by atoms with E-state index in [-0.39, 0.29) is 36.3 Å². The third-order valence-electron chi connectivity index (χ3n) is 6.88. The van der Waals surface area contributed by atoms with Gasteiger partial charge in [0.1, 0.15) is 29.9 Å². The predicted octanol–water partition coefficient (Wildman–Crippen LogP) is 1.79. The molecule has 0 heterocycles. The van der Waals surface area contributed by atoms with Gasteiger partial charge in [-0.2, -0.15) is 11.8 Å². The molecule has 8 N–H and O–H groups in total. The van der Waals surface area contributed by atoms with E-state index in [2.05, 4.69) is 21.3 Å². The van der Waals surface area contributed by atoms with Gasteiger partial charge in [-0.05, 0) is 66.7 Å². The van der Waals surface area contributed by atoms with Gasteiger partial charge in [0.05, 0.1) is 6.04 Å². The van der Waals surface area contributed by atoms with Crippen LogP contribution in [0.15, 0.2) is 24.3 Å². The van der Waals surface area contributed by atoms with Crippen LogP contribution in [0.4, 0.5) is 0 Å². The minimum Gasteiger partial charge on any atom is -0.508 e. The number of hydrogen-bond donors (Lipinski definition) is 7. The zero-order chi connectivity index (χ0) is 33.6. The van der Waals surface area contributed by atoms with E-state index < -0.39 is 59.8 Å². The van der Waals surface area contributed by atoms with Crippen molar-refractivity contribution < 1.29 is 34.2 Å². The van der Waals surface area contributed by atoms with E-state index in [1.165, 1.54) is 23.9 Å². The lowest BCUT2D eigenvalue weighted by atomic mass is 9.98. The van der Waals surface area contributed by atoms with Crippen LogP contribution in [0.5, 0.6) is 5.75 Å². The van der Waals surface area contributed by atoms with Crippen LogP contribution in [-0.4, -0.2) is 82.0 Å². The number of rotatable bonds is 19. The van der Waals surface area contributed by atoms with Crippen molar-refractivity contribution >= 4 is 41.4 Å². The maximum absolute atomic E-state index is 13.5.